The van der Waals surface area contributed by atoms with E-state index in [9.17, 15) is 4.39 Å². The number of halogens is 2. The van der Waals surface area contributed by atoms with Gasteiger partial charge in [-0.25, -0.2) is 0 Å². The molecule has 0 saturated heterocycles. The van der Waals surface area contributed by atoms with E-state index in [1.54, 1.807) is 0 Å². The summed E-state index contributed by atoms with van der Waals surface area (Å²) in [5.41, 5.74) is 0.484. The van der Waals surface area contributed by atoms with Crippen molar-refractivity contribution in [1.82, 2.24) is 5.32 Å². The van der Waals surface area contributed by atoms with Gasteiger partial charge in [0.05, 0.1) is 6.67 Å². The molecule has 0 aliphatic heterocycles. The molecule has 0 heterocycles. The highest BCUT2D eigenvalue weighted by Crippen LogP contribution is 2.48. The van der Waals surface area contributed by atoms with Crippen molar-refractivity contribution in [3.05, 3.63) is 0 Å². The van der Waals surface area contributed by atoms with E-state index in [-0.39, 0.29) is 6.67 Å². The van der Waals surface area contributed by atoms with Crippen molar-refractivity contribution in [3.63, 3.8) is 0 Å². The Balaban J connectivity index is 1.98. The zero-order valence-electron chi connectivity index (χ0n) is 7.41. The SMILES string of the molecule is FCCCNCC1(CCCl)CC1. The molecule has 0 aromatic rings. The number of nitrogens with one attached hydrogen (secondary N) is 1. The van der Waals surface area contributed by atoms with Crippen molar-refractivity contribution in [2.45, 2.75) is 25.7 Å². The van der Waals surface area contributed by atoms with Gasteiger partial charge in [0.1, 0.15) is 0 Å². The van der Waals surface area contributed by atoms with Gasteiger partial charge in [-0.3, -0.25) is 4.39 Å². The maximum Gasteiger partial charge on any atom is 0.0906 e. The van der Waals surface area contributed by atoms with E-state index in [2.05, 4.69) is 5.32 Å². The maximum atomic E-state index is 11.7. The lowest BCUT2D eigenvalue weighted by molar-refractivity contribution is 0.417. The predicted molar refractivity (Wildman–Crippen MR) is 50.5 cm³/mol. The fourth-order valence-electron chi connectivity index (χ4n) is 1.44. The molecule has 1 fully saturated rings. The average molecular weight is 194 g/mol. The highest BCUT2D eigenvalue weighted by Gasteiger charge is 2.40. The third-order valence-corrected chi connectivity index (χ3v) is 2.76. The fourth-order valence-corrected chi connectivity index (χ4v) is 1.84. The van der Waals surface area contributed by atoms with Gasteiger partial charge in [-0.05, 0) is 37.6 Å². The van der Waals surface area contributed by atoms with Crippen LogP contribution in [0.5, 0.6) is 0 Å². The highest BCUT2D eigenvalue weighted by atomic mass is 35.5. The van der Waals surface area contributed by atoms with Gasteiger partial charge < -0.3 is 5.32 Å². The first-order chi connectivity index (χ1) is 5.83. The van der Waals surface area contributed by atoms with Crippen LogP contribution in [0.3, 0.4) is 0 Å². The standard InChI is InChI=1S/C9H17ClFN/c10-5-4-9(2-3-9)8-12-7-1-6-11/h12H,1-8H2. The van der Waals surface area contributed by atoms with Crippen LogP contribution in [0.4, 0.5) is 4.39 Å². The van der Waals surface area contributed by atoms with Crippen LogP contribution in [-0.2, 0) is 0 Å². The number of hydrogen-bond donors (Lipinski definition) is 1. The minimum Gasteiger partial charge on any atom is -0.316 e. The Morgan fingerprint density at radius 2 is 2.17 bits per heavy atom. The summed E-state index contributed by atoms with van der Waals surface area (Å²) in [6, 6.07) is 0. The van der Waals surface area contributed by atoms with E-state index >= 15 is 0 Å². The Kier molecular flexibility index (Phi) is 4.30. The molecule has 0 atom stereocenters. The zero-order valence-corrected chi connectivity index (χ0v) is 8.17. The van der Waals surface area contributed by atoms with E-state index < -0.39 is 0 Å². The molecule has 0 bridgehead atoms. The molecule has 1 aliphatic carbocycles. The first-order valence-corrected chi connectivity index (χ1v) is 5.19. The highest BCUT2D eigenvalue weighted by molar-refractivity contribution is 6.17. The Bertz CT molecular complexity index is 126. The molecule has 72 valence electrons. The summed E-state index contributed by atoms with van der Waals surface area (Å²) in [7, 11) is 0. The van der Waals surface area contributed by atoms with Gasteiger partial charge >= 0.3 is 0 Å². The van der Waals surface area contributed by atoms with Gasteiger partial charge in [-0.15, -0.1) is 11.6 Å². The van der Waals surface area contributed by atoms with E-state index in [0.717, 1.165) is 25.4 Å². The summed E-state index contributed by atoms with van der Waals surface area (Å²) in [6.45, 7) is 1.62. The molecule has 0 spiro atoms. The van der Waals surface area contributed by atoms with Crippen LogP contribution in [0.15, 0.2) is 0 Å². The lowest BCUT2D eigenvalue weighted by Crippen LogP contribution is -2.25. The van der Waals surface area contributed by atoms with Gasteiger partial charge in [-0.2, -0.15) is 0 Å². The second-order valence-corrected chi connectivity index (χ2v) is 4.04. The number of rotatable bonds is 7. The van der Waals surface area contributed by atoms with Crippen LogP contribution in [0.2, 0.25) is 0 Å². The zero-order chi connectivity index (χ0) is 8.86. The van der Waals surface area contributed by atoms with Crippen molar-refractivity contribution in [3.8, 4) is 0 Å². The van der Waals surface area contributed by atoms with Crippen LogP contribution < -0.4 is 5.32 Å². The summed E-state index contributed by atoms with van der Waals surface area (Å²) in [5, 5.41) is 3.28. The quantitative estimate of drug-likeness (QED) is 0.484. The molecule has 1 nitrogen and oxygen atoms in total. The first kappa shape index (κ1) is 10.3. The van der Waals surface area contributed by atoms with Crippen LogP contribution in [0, 0.1) is 5.41 Å². The molecule has 0 aromatic heterocycles. The van der Waals surface area contributed by atoms with E-state index in [1.165, 1.54) is 12.8 Å². The third kappa shape index (κ3) is 3.28. The third-order valence-electron chi connectivity index (χ3n) is 2.57. The largest absolute Gasteiger partial charge is 0.316 e. The van der Waals surface area contributed by atoms with Crippen molar-refractivity contribution >= 4 is 11.6 Å². The van der Waals surface area contributed by atoms with Crippen LogP contribution in [0.1, 0.15) is 25.7 Å². The molecule has 3 heteroatoms. The fraction of sp³-hybridized carbons (Fsp3) is 1.00. The molecular weight excluding hydrogens is 177 g/mol. The Hall–Kier alpha value is 0.180. The topological polar surface area (TPSA) is 12.0 Å². The molecule has 0 aromatic carbocycles. The van der Waals surface area contributed by atoms with Gasteiger partial charge in [0, 0.05) is 12.4 Å². The molecule has 0 unspecified atom stereocenters. The van der Waals surface area contributed by atoms with E-state index in [4.69, 9.17) is 11.6 Å². The van der Waals surface area contributed by atoms with Crippen molar-refractivity contribution in [2.75, 3.05) is 25.6 Å². The summed E-state index contributed by atoms with van der Waals surface area (Å²) in [5.74, 6) is 0.755. The van der Waals surface area contributed by atoms with Crippen molar-refractivity contribution in [1.29, 1.82) is 0 Å². The molecule has 1 N–H and O–H groups in total. The number of hydrogen-bond acceptors (Lipinski definition) is 1. The summed E-state index contributed by atoms with van der Waals surface area (Å²) in [4.78, 5) is 0. The van der Waals surface area contributed by atoms with Gasteiger partial charge in [0.15, 0.2) is 0 Å². The monoisotopic (exact) mass is 193 g/mol. The molecule has 1 saturated carbocycles. The van der Waals surface area contributed by atoms with E-state index in [1.807, 2.05) is 0 Å². The number of alkyl halides is 2. The summed E-state index contributed by atoms with van der Waals surface area (Å²) < 4.78 is 11.7. The smallest absolute Gasteiger partial charge is 0.0906 e. The first-order valence-electron chi connectivity index (χ1n) is 4.66. The van der Waals surface area contributed by atoms with Gasteiger partial charge in [0.2, 0.25) is 0 Å². The average Bonchev–Trinajstić information content (AvgIpc) is 2.81. The predicted octanol–water partition coefficient (Wildman–Crippen LogP) is 2.34. The second-order valence-electron chi connectivity index (χ2n) is 3.66. The maximum absolute atomic E-state index is 11.7. The normalized spacial score (nSPS) is 19.5. The molecule has 0 amide bonds. The molecule has 1 rings (SSSR count). The second kappa shape index (κ2) is 5.03. The van der Waals surface area contributed by atoms with Crippen molar-refractivity contribution < 1.29 is 4.39 Å². The van der Waals surface area contributed by atoms with Gasteiger partial charge in [0.25, 0.3) is 0 Å². The Morgan fingerprint density at radius 3 is 2.67 bits per heavy atom. The summed E-state index contributed by atoms with van der Waals surface area (Å²) >= 11 is 5.68. The Labute approximate surface area is 78.7 Å². The van der Waals surface area contributed by atoms with Crippen LogP contribution in [-0.4, -0.2) is 25.6 Å². The molecule has 12 heavy (non-hydrogen) atoms. The molecule has 0 radical (unpaired) electrons. The Morgan fingerprint density at radius 1 is 1.42 bits per heavy atom. The lowest BCUT2D eigenvalue weighted by Gasteiger charge is -2.13. The van der Waals surface area contributed by atoms with E-state index in [0.29, 0.717) is 11.8 Å². The van der Waals surface area contributed by atoms with Crippen LogP contribution in [0.25, 0.3) is 0 Å². The lowest BCUT2D eigenvalue weighted by atomic mass is 10.0. The summed E-state index contributed by atoms with van der Waals surface area (Å²) in [6.07, 6.45) is 4.33. The minimum absolute atomic E-state index is 0.213. The minimum atomic E-state index is -0.213. The van der Waals surface area contributed by atoms with Crippen molar-refractivity contribution in [2.24, 2.45) is 5.41 Å². The molecular formula is C9H17ClFN. The van der Waals surface area contributed by atoms with Crippen LogP contribution >= 0.6 is 11.6 Å². The molecule has 1 aliphatic rings. The van der Waals surface area contributed by atoms with Gasteiger partial charge in [-0.1, -0.05) is 0 Å².